The Bertz CT molecular complexity index is 361. The lowest BCUT2D eigenvalue weighted by atomic mass is 10.2. The van der Waals surface area contributed by atoms with Crippen LogP contribution < -0.4 is 5.73 Å². The summed E-state index contributed by atoms with van der Waals surface area (Å²) in [5.41, 5.74) is 5.93. The average molecular weight is 244 g/mol. The van der Waals surface area contributed by atoms with Crippen molar-refractivity contribution in [2.75, 3.05) is 5.75 Å². The Balaban J connectivity index is 1.97. The Morgan fingerprint density at radius 1 is 1.40 bits per heavy atom. The van der Waals surface area contributed by atoms with Gasteiger partial charge in [0, 0.05) is 21.7 Å². The van der Waals surface area contributed by atoms with E-state index in [9.17, 15) is 4.21 Å². The van der Waals surface area contributed by atoms with Gasteiger partial charge < -0.3 is 5.73 Å². The first-order chi connectivity index (χ1) is 7.16. The van der Waals surface area contributed by atoms with E-state index in [1.165, 1.54) is 12.8 Å². The van der Waals surface area contributed by atoms with E-state index in [0.29, 0.717) is 16.7 Å². The Morgan fingerprint density at radius 2 is 2.00 bits per heavy atom. The van der Waals surface area contributed by atoms with Crippen LogP contribution in [-0.4, -0.2) is 16.0 Å². The molecule has 1 fully saturated rings. The highest BCUT2D eigenvalue weighted by atomic mass is 35.5. The smallest absolute Gasteiger partial charge is 0.0545 e. The maximum Gasteiger partial charge on any atom is 0.0545 e. The Kier molecular flexibility index (Phi) is 3.44. The van der Waals surface area contributed by atoms with Gasteiger partial charge in [0.2, 0.25) is 0 Å². The summed E-state index contributed by atoms with van der Waals surface area (Å²) in [6, 6.07) is 7.21. The zero-order valence-corrected chi connectivity index (χ0v) is 9.93. The van der Waals surface area contributed by atoms with Crippen LogP contribution in [0.3, 0.4) is 0 Å². The first-order valence-corrected chi connectivity index (χ1v) is 6.76. The van der Waals surface area contributed by atoms with Crippen LogP contribution in [0.4, 0.5) is 0 Å². The van der Waals surface area contributed by atoms with E-state index in [2.05, 4.69) is 0 Å². The molecule has 0 aliphatic heterocycles. The van der Waals surface area contributed by atoms with E-state index < -0.39 is 10.8 Å². The van der Waals surface area contributed by atoms with Gasteiger partial charge in [-0.25, -0.2) is 0 Å². The van der Waals surface area contributed by atoms with E-state index in [0.717, 1.165) is 4.90 Å². The molecule has 2 atom stereocenters. The van der Waals surface area contributed by atoms with Crippen LogP contribution in [0.5, 0.6) is 0 Å². The van der Waals surface area contributed by atoms with Crippen molar-refractivity contribution in [3.05, 3.63) is 29.3 Å². The first-order valence-electron chi connectivity index (χ1n) is 5.06. The molecule has 15 heavy (non-hydrogen) atoms. The number of hydrogen-bond donors (Lipinski definition) is 1. The van der Waals surface area contributed by atoms with Gasteiger partial charge in [0.15, 0.2) is 0 Å². The maximum atomic E-state index is 11.9. The molecule has 1 aromatic carbocycles. The highest BCUT2D eigenvalue weighted by Crippen LogP contribution is 2.32. The highest BCUT2D eigenvalue weighted by molar-refractivity contribution is 7.85. The predicted molar refractivity (Wildman–Crippen MR) is 63.4 cm³/mol. The molecule has 0 radical (unpaired) electrons. The molecule has 1 aromatic rings. The molecule has 2 nitrogen and oxygen atoms in total. The second-order valence-electron chi connectivity index (χ2n) is 3.97. The molecule has 1 saturated carbocycles. The fourth-order valence-corrected chi connectivity index (χ4v) is 2.90. The van der Waals surface area contributed by atoms with Gasteiger partial charge in [0.1, 0.15) is 0 Å². The molecule has 82 valence electrons. The third-order valence-electron chi connectivity index (χ3n) is 2.65. The second-order valence-corrected chi connectivity index (χ2v) is 5.90. The maximum absolute atomic E-state index is 11.9. The van der Waals surface area contributed by atoms with E-state index in [-0.39, 0.29) is 6.04 Å². The van der Waals surface area contributed by atoms with Crippen LogP contribution in [0.15, 0.2) is 29.2 Å². The summed E-state index contributed by atoms with van der Waals surface area (Å²) < 4.78 is 11.9. The van der Waals surface area contributed by atoms with Gasteiger partial charge >= 0.3 is 0 Å². The number of hydrogen-bond acceptors (Lipinski definition) is 2. The molecule has 2 unspecified atom stereocenters. The molecule has 0 bridgehead atoms. The van der Waals surface area contributed by atoms with E-state index in [1.807, 2.05) is 0 Å². The van der Waals surface area contributed by atoms with Gasteiger partial charge in [0.05, 0.1) is 10.8 Å². The SMILES string of the molecule is NC(CS(=O)c1ccc(Cl)cc1)C1CC1. The molecule has 4 heteroatoms. The fraction of sp³-hybridized carbons (Fsp3) is 0.455. The van der Waals surface area contributed by atoms with Crippen molar-refractivity contribution >= 4 is 22.4 Å². The number of halogens is 1. The topological polar surface area (TPSA) is 43.1 Å². The van der Waals surface area contributed by atoms with E-state index in [1.54, 1.807) is 24.3 Å². The monoisotopic (exact) mass is 243 g/mol. The van der Waals surface area contributed by atoms with Crippen molar-refractivity contribution in [3.8, 4) is 0 Å². The quantitative estimate of drug-likeness (QED) is 0.881. The Hall–Kier alpha value is -0.380. The molecular formula is C11H14ClNOS. The highest BCUT2D eigenvalue weighted by Gasteiger charge is 2.29. The average Bonchev–Trinajstić information content (AvgIpc) is 3.01. The van der Waals surface area contributed by atoms with Gasteiger partial charge in [-0.15, -0.1) is 0 Å². The summed E-state index contributed by atoms with van der Waals surface area (Å²) in [5, 5.41) is 0.669. The van der Waals surface area contributed by atoms with Crippen molar-refractivity contribution in [2.45, 2.75) is 23.8 Å². The van der Waals surface area contributed by atoms with Crippen LogP contribution in [0.1, 0.15) is 12.8 Å². The summed E-state index contributed by atoms with van der Waals surface area (Å²) in [6.07, 6.45) is 2.39. The molecule has 0 heterocycles. The lowest BCUT2D eigenvalue weighted by Crippen LogP contribution is -2.29. The van der Waals surface area contributed by atoms with E-state index >= 15 is 0 Å². The lowest BCUT2D eigenvalue weighted by Gasteiger charge is -2.09. The van der Waals surface area contributed by atoms with Crippen LogP contribution in [0.25, 0.3) is 0 Å². The molecule has 0 spiro atoms. The summed E-state index contributed by atoms with van der Waals surface area (Å²) >= 11 is 5.76. The fourth-order valence-electron chi connectivity index (χ4n) is 1.52. The molecule has 0 aromatic heterocycles. The van der Waals surface area contributed by atoms with Crippen LogP contribution in [0.2, 0.25) is 5.02 Å². The standard InChI is InChI=1S/C11H14ClNOS/c12-9-3-5-10(6-4-9)15(14)7-11(13)8-1-2-8/h3-6,8,11H,1-2,7,13H2. The molecule has 1 aliphatic carbocycles. The van der Waals surface area contributed by atoms with Gasteiger partial charge in [-0.3, -0.25) is 4.21 Å². The minimum absolute atomic E-state index is 0.0847. The third kappa shape index (κ3) is 3.03. The number of benzene rings is 1. The third-order valence-corrected chi connectivity index (χ3v) is 4.39. The molecule has 0 saturated heterocycles. The molecule has 2 N–H and O–H groups in total. The zero-order chi connectivity index (χ0) is 10.8. The molecular weight excluding hydrogens is 230 g/mol. The van der Waals surface area contributed by atoms with Crippen molar-refractivity contribution in [1.82, 2.24) is 0 Å². The molecule has 0 amide bonds. The summed E-state index contributed by atoms with van der Waals surface area (Å²) in [6.45, 7) is 0. The minimum Gasteiger partial charge on any atom is -0.327 e. The van der Waals surface area contributed by atoms with Crippen LogP contribution >= 0.6 is 11.6 Å². The number of rotatable bonds is 4. The van der Waals surface area contributed by atoms with Gasteiger partial charge in [-0.1, -0.05) is 11.6 Å². The van der Waals surface area contributed by atoms with Crippen molar-refractivity contribution in [2.24, 2.45) is 11.7 Å². The zero-order valence-electron chi connectivity index (χ0n) is 8.36. The Morgan fingerprint density at radius 3 is 2.53 bits per heavy atom. The summed E-state index contributed by atoms with van der Waals surface area (Å²) in [5.74, 6) is 1.16. The van der Waals surface area contributed by atoms with Crippen molar-refractivity contribution in [3.63, 3.8) is 0 Å². The summed E-state index contributed by atoms with van der Waals surface area (Å²) in [4.78, 5) is 0.815. The number of nitrogens with two attached hydrogens (primary N) is 1. The minimum atomic E-state index is -0.986. The largest absolute Gasteiger partial charge is 0.327 e. The summed E-state index contributed by atoms with van der Waals surface area (Å²) in [7, 11) is -0.986. The van der Waals surface area contributed by atoms with E-state index in [4.69, 9.17) is 17.3 Å². The normalized spacial score (nSPS) is 19.9. The van der Waals surface area contributed by atoms with Gasteiger partial charge in [-0.05, 0) is 43.0 Å². The first kappa shape index (κ1) is 11.1. The lowest BCUT2D eigenvalue weighted by molar-refractivity contribution is 0.634. The van der Waals surface area contributed by atoms with Crippen molar-refractivity contribution in [1.29, 1.82) is 0 Å². The van der Waals surface area contributed by atoms with Gasteiger partial charge in [-0.2, -0.15) is 0 Å². The van der Waals surface area contributed by atoms with Crippen LogP contribution in [0, 0.1) is 5.92 Å². The molecule has 2 rings (SSSR count). The molecule has 1 aliphatic rings. The second kappa shape index (κ2) is 4.64. The predicted octanol–water partition coefficient (Wildman–Crippen LogP) is 2.18. The Labute approximate surface area is 97.3 Å². The van der Waals surface area contributed by atoms with Crippen LogP contribution in [-0.2, 0) is 10.8 Å². The van der Waals surface area contributed by atoms with Crippen molar-refractivity contribution < 1.29 is 4.21 Å². The van der Waals surface area contributed by atoms with Gasteiger partial charge in [0.25, 0.3) is 0 Å².